The molecule has 0 fully saturated rings. The van der Waals surface area contributed by atoms with Crippen LogP contribution in [0.15, 0.2) is 40.9 Å². The molecule has 21 heavy (non-hydrogen) atoms. The van der Waals surface area contributed by atoms with E-state index in [-0.39, 0.29) is 4.83 Å². The third kappa shape index (κ3) is 3.80. The second-order valence-corrected chi connectivity index (χ2v) is 6.55. The minimum absolute atomic E-state index is 0.00593. The first kappa shape index (κ1) is 16.4. The molecule has 2 nitrogen and oxygen atoms in total. The summed E-state index contributed by atoms with van der Waals surface area (Å²) in [5.74, 6) is 1.75. The summed E-state index contributed by atoms with van der Waals surface area (Å²) in [6.45, 7) is 4.70. The van der Waals surface area contributed by atoms with Crippen LogP contribution in [0.25, 0.3) is 0 Å². The Balaban J connectivity index is 2.51. The Morgan fingerprint density at radius 1 is 1.05 bits per heavy atom. The standard InChI is InChI=1S/C17H18Br2O2/c1-4-21-16-8-6-12(18)10-14(16)17(19)13-9-11(2)5-7-15(13)20-3/h5-10,17H,4H2,1-3H3. The van der Waals surface area contributed by atoms with Crippen LogP contribution in [0.3, 0.4) is 0 Å². The molecule has 0 radical (unpaired) electrons. The lowest BCUT2D eigenvalue weighted by atomic mass is 10.0. The summed E-state index contributed by atoms with van der Waals surface area (Å²) in [5, 5.41) is 0. The minimum atomic E-state index is 0.00593. The Hall–Kier alpha value is -1.00. The highest BCUT2D eigenvalue weighted by Crippen LogP contribution is 2.42. The average molecular weight is 414 g/mol. The zero-order chi connectivity index (χ0) is 15.4. The Labute approximate surface area is 142 Å². The first-order chi connectivity index (χ1) is 10.1. The van der Waals surface area contributed by atoms with Crippen molar-refractivity contribution in [2.24, 2.45) is 0 Å². The fraction of sp³-hybridized carbons (Fsp3) is 0.294. The normalized spacial score (nSPS) is 12.0. The molecule has 2 aromatic carbocycles. The highest BCUT2D eigenvalue weighted by Gasteiger charge is 2.19. The van der Waals surface area contributed by atoms with Gasteiger partial charge in [0.15, 0.2) is 0 Å². The maximum atomic E-state index is 5.75. The predicted molar refractivity (Wildman–Crippen MR) is 93.8 cm³/mol. The molecule has 0 aliphatic heterocycles. The molecular formula is C17H18Br2O2. The molecule has 2 aromatic rings. The van der Waals surface area contributed by atoms with E-state index < -0.39 is 0 Å². The summed E-state index contributed by atoms with van der Waals surface area (Å²) < 4.78 is 12.3. The van der Waals surface area contributed by atoms with Gasteiger partial charge in [0.1, 0.15) is 11.5 Å². The number of hydrogen-bond acceptors (Lipinski definition) is 2. The van der Waals surface area contributed by atoms with Crippen molar-refractivity contribution < 1.29 is 9.47 Å². The van der Waals surface area contributed by atoms with Crippen LogP contribution in [0.1, 0.15) is 28.4 Å². The summed E-state index contributed by atoms with van der Waals surface area (Å²) in [6, 6.07) is 12.2. The molecule has 0 aliphatic rings. The highest BCUT2D eigenvalue weighted by molar-refractivity contribution is 9.10. The Morgan fingerprint density at radius 3 is 2.38 bits per heavy atom. The molecule has 0 spiro atoms. The largest absolute Gasteiger partial charge is 0.496 e. The molecular weight excluding hydrogens is 396 g/mol. The van der Waals surface area contributed by atoms with Crippen molar-refractivity contribution in [2.75, 3.05) is 13.7 Å². The molecule has 0 N–H and O–H groups in total. The summed E-state index contributed by atoms with van der Waals surface area (Å²) in [5.41, 5.74) is 3.37. The molecule has 0 amide bonds. The van der Waals surface area contributed by atoms with E-state index in [0.29, 0.717) is 6.61 Å². The van der Waals surface area contributed by atoms with Crippen LogP contribution < -0.4 is 9.47 Å². The van der Waals surface area contributed by atoms with Gasteiger partial charge in [-0.25, -0.2) is 0 Å². The molecule has 0 heterocycles. The number of alkyl halides is 1. The van der Waals surface area contributed by atoms with Gasteiger partial charge in [-0.1, -0.05) is 49.6 Å². The van der Waals surface area contributed by atoms with Gasteiger partial charge in [-0.05, 0) is 38.1 Å². The quantitative estimate of drug-likeness (QED) is 0.589. The third-order valence-corrected chi connectivity index (χ3v) is 4.68. The monoisotopic (exact) mass is 412 g/mol. The SMILES string of the molecule is CCOc1ccc(Br)cc1C(Br)c1cc(C)ccc1OC. The number of ether oxygens (including phenoxy) is 2. The number of methoxy groups -OCH3 is 1. The first-order valence-corrected chi connectivity index (χ1v) is 8.48. The van der Waals surface area contributed by atoms with Gasteiger partial charge in [-0.2, -0.15) is 0 Å². The lowest BCUT2D eigenvalue weighted by Crippen LogP contribution is -2.02. The second-order valence-electron chi connectivity index (χ2n) is 4.72. The topological polar surface area (TPSA) is 18.5 Å². The molecule has 1 unspecified atom stereocenters. The first-order valence-electron chi connectivity index (χ1n) is 6.77. The van der Waals surface area contributed by atoms with Gasteiger partial charge in [-0.15, -0.1) is 0 Å². The van der Waals surface area contributed by atoms with Crippen LogP contribution >= 0.6 is 31.9 Å². The lowest BCUT2D eigenvalue weighted by Gasteiger charge is -2.19. The molecule has 4 heteroatoms. The maximum Gasteiger partial charge on any atom is 0.124 e. The van der Waals surface area contributed by atoms with Crippen molar-refractivity contribution in [3.05, 3.63) is 57.6 Å². The van der Waals surface area contributed by atoms with E-state index in [4.69, 9.17) is 9.47 Å². The van der Waals surface area contributed by atoms with Crippen molar-refractivity contribution in [1.29, 1.82) is 0 Å². The minimum Gasteiger partial charge on any atom is -0.496 e. The zero-order valence-electron chi connectivity index (χ0n) is 12.3. The summed E-state index contributed by atoms with van der Waals surface area (Å²) >= 11 is 7.32. The molecule has 1 atom stereocenters. The molecule has 0 bridgehead atoms. The Kier molecular flexibility index (Phi) is 5.71. The zero-order valence-corrected chi connectivity index (χ0v) is 15.5. The fourth-order valence-electron chi connectivity index (χ4n) is 2.22. The van der Waals surface area contributed by atoms with Crippen LogP contribution in [0, 0.1) is 6.92 Å². The van der Waals surface area contributed by atoms with Crippen molar-refractivity contribution in [3.63, 3.8) is 0 Å². The van der Waals surface area contributed by atoms with E-state index >= 15 is 0 Å². The third-order valence-electron chi connectivity index (χ3n) is 3.20. The van der Waals surface area contributed by atoms with E-state index in [0.717, 1.165) is 27.1 Å². The summed E-state index contributed by atoms with van der Waals surface area (Å²) in [4.78, 5) is 0.00593. The van der Waals surface area contributed by atoms with Crippen molar-refractivity contribution >= 4 is 31.9 Å². The molecule has 0 aromatic heterocycles. The predicted octanol–water partition coefficient (Wildman–Crippen LogP) is 5.65. The second kappa shape index (κ2) is 7.32. The van der Waals surface area contributed by atoms with Crippen molar-refractivity contribution in [3.8, 4) is 11.5 Å². The van der Waals surface area contributed by atoms with E-state index in [9.17, 15) is 0 Å². The van der Waals surface area contributed by atoms with Gasteiger partial charge in [-0.3, -0.25) is 0 Å². The van der Waals surface area contributed by atoms with Crippen molar-refractivity contribution in [1.82, 2.24) is 0 Å². The lowest BCUT2D eigenvalue weighted by molar-refractivity contribution is 0.337. The number of halogens is 2. The molecule has 112 valence electrons. The van der Waals surface area contributed by atoms with E-state index in [2.05, 4.69) is 50.9 Å². The Morgan fingerprint density at radius 2 is 1.71 bits per heavy atom. The van der Waals surface area contributed by atoms with Crippen LogP contribution in [0.2, 0.25) is 0 Å². The van der Waals surface area contributed by atoms with Crippen LogP contribution in [0.5, 0.6) is 11.5 Å². The molecule has 2 rings (SSSR count). The highest BCUT2D eigenvalue weighted by atomic mass is 79.9. The van der Waals surface area contributed by atoms with Gasteiger partial charge < -0.3 is 9.47 Å². The Bertz CT molecular complexity index is 626. The average Bonchev–Trinajstić information content (AvgIpc) is 2.48. The van der Waals surface area contributed by atoms with E-state index in [1.807, 2.05) is 31.2 Å². The number of rotatable bonds is 5. The molecule has 0 saturated carbocycles. The van der Waals surface area contributed by atoms with Crippen LogP contribution in [-0.2, 0) is 0 Å². The maximum absolute atomic E-state index is 5.75. The number of benzene rings is 2. The molecule has 0 aliphatic carbocycles. The smallest absolute Gasteiger partial charge is 0.124 e. The van der Waals surface area contributed by atoms with Crippen LogP contribution in [0.4, 0.5) is 0 Å². The molecule has 0 saturated heterocycles. The van der Waals surface area contributed by atoms with Gasteiger partial charge in [0.2, 0.25) is 0 Å². The fourth-order valence-corrected chi connectivity index (χ4v) is 3.32. The van der Waals surface area contributed by atoms with Crippen LogP contribution in [-0.4, -0.2) is 13.7 Å². The number of aryl methyl sites for hydroxylation is 1. The van der Waals surface area contributed by atoms with Gasteiger partial charge in [0.25, 0.3) is 0 Å². The number of hydrogen-bond donors (Lipinski definition) is 0. The summed E-state index contributed by atoms with van der Waals surface area (Å²) in [6.07, 6.45) is 0. The van der Waals surface area contributed by atoms with Gasteiger partial charge in [0.05, 0.1) is 18.5 Å². The summed E-state index contributed by atoms with van der Waals surface area (Å²) in [7, 11) is 1.69. The van der Waals surface area contributed by atoms with Gasteiger partial charge in [0, 0.05) is 15.6 Å². The van der Waals surface area contributed by atoms with Gasteiger partial charge >= 0.3 is 0 Å². The van der Waals surface area contributed by atoms with E-state index in [1.165, 1.54) is 5.56 Å². The van der Waals surface area contributed by atoms with E-state index in [1.54, 1.807) is 7.11 Å². The van der Waals surface area contributed by atoms with Crippen molar-refractivity contribution in [2.45, 2.75) is 18.7 Å².